The molecule has 0 saturated carbocycles. The lowest BCUT2D eigenvalue weighted by Crippen LogP contribution is -2.56. The Morgan fingerprint density at radius 2 is 1.93 bits per heavy atom. The molecule has 27 heavy (non-hydrogen) atoms. The Hall–Kier alpha value is -1.91. The Labute approximate surface area is 158 Å². The molecule has 0 aromatic heterocycles. The van der Waals surface area contributed by atoms with Crippen LogP contribution in [0.1, 0.15) is 44.7 Å². The molecule has 2 N–H and O–H groups in total. The van der Waals surface area contributed by atoms with E-state index in [1.807, 2.05) is 0 Å². The summed E-state index contributed by atoms with van der Waals surface area (Å²) in [7, 11) is -3.77. The molecule has 2 aliphatic heterocycles. The lowest BCUT2D eigenvalue weighted by Gasteiger charge is -2.48. The molecule has 0 spiro atoms. The van der Waals surface area contributed by atoms with Gasteiger partial charge in [-0.05, 0) is 39.8 Å². The van der Waals surface area contributed by atoms with E-state index in [-0.39, 0.29) is 11.4 Å². The second-order valence-corrected chi connectivity index (χ2v) is 9.27. The summed E-state index contributed by atoms with van der Waals surface area (Å²) >= 11 is 0. The molecule has 150 valence electrons. The second-order valence-electron chi connectivity index (χ2n) is 7.67. The number of nitro benzene ring substituents is 1. The zero-order valence-corrected chi connectivity index (χ0v) is 16.5. The summed E-state index contributed by atoms with van der Waals surface area (Å²) in [5.74, 6) is 0.423. The van der Waals surface area contributed by atoms with Crippen LogP contribution in [-0.4, -0.2) is 49.3 Å². The van der Waals surface area contributed by atoms with Gasteiger partial charge in [0.15, 0.2) is 0 Å². The van der Waals surface area contributed by atoms with Gasteiger partial charge in [0, 0.05) is 17.7 Å². The molecule has 1 fully saturated rings. The molecule has 10 heteroatoms. The minimum atomic E-state index is -3.77. The highest BCUT2D eigenvalue weighted by Crippen LogP contribution is 2.48. The van der Waals surface area contributed by atoms with Crippen molar-refractivity contribution in [1.82, 2.24) is 4.90 Å². The van der Waals surface area contributed by atoms with Crippen LogP contribution in [-0.2, 0) is 14.3 Å². The second kappa shape index (κ2) is 6.92. The predicted molar refractivity (Wildman–Crippen MR) is 100 cm³/mol. The van der Waals surface area contributed by atoms with Crippen LogP contribution < -0.4 is 10.5 Å². The van der Waals surface area contributed by atoms with Gasteiger partial charge in [0.25, 0.3) is 15.8 Å². The number of nitrogen functional groups attached to an aromatic ring is 1. The van der Waals surface area contributed by atoms with Gasteiger partial charge in [-0.2, -0.15) is 8.42 Å². The highest BCUT2D eigenvalue weighted by Gasteiger charge is 2.49. The average molecular weight is 399 g/mol. The van der Waals surface area contributed by atoms with Gasteiger partial charge in [-0.15, -0.1) is 0 Å². The number of nitrogens with two attached hydrogens (primary N) is 1. The van der Waals surface area contributed by atoms with Gasteiger partial charge in [-0.25, -0.2) is 0 Å². The molecule has 0 radical (unpaired) electrons. The number of nitro groups is 1. The Balaban J connectivity index is 2.17. The highest BCUT2D eigenvalue weighted by molar-refractivity contribution is 7.86. The number of rotatable bonds is 4. The quantitative estimate of drug-likeness (QED) is 0.354. The van der Waals surface area contributed by atoms with Crippen LogP contribution in [0.4, 0.5) is 11.4 Å². The molecule has 2 aliphatic rings. The number of likely N-dealkylation sites (tertiary alicyclic amines) is 1. The number of ether oxygens (including phenoxy) is 1. The van der Waals surface area contributed by atoms with E-state index in [1.165, 1.54) is 12.1 Å². The number of hydrogen-bond acceptors (Lipinski definition) is 8. The van der Waals surface area contributed by atoms with E-state index in [0.29, 0.717) is 11.3 Å². The number of fused-ring (bicyclic) bond motifs is 1. The molecular formula is C17H25N3O6S. The van der Waals surface area contributed by atoms with Gasteiger partial charge in [-0.1, -0.05) is 6.42 Å². The van der Waals surface area contributed by atoms with Gasteiger partial charge in [0.2, 0.25) is 0 Å². The van der Waals surface area contributed by atoms with E-state index in [4.69, 9.17) is 14.7 Å². The van der Waals surface area contributed by atoms with Crippen molar-refractivity contribution in [3.63, 3.8) is 0 Å². The molecule has 0 amide bonds. The Morgan fingerprint density at radius 1 is 1.30 bits per heavy atom. The summed E-state index contributed by atoms with van der Waals surface area (Å²) in [4.78, 5) is 13.0. The standard InChI is InChI=1S/C17H25N3O6S/c1-17(2)16(26-27(3,23)24)15(19-7-5-4-6-8-19)11-9-13(20(21)22)12(18)10-14(11)25-17/h9-10,15-16H,4-8,18H2,1-3H3/t15-,16+/m0/s1. The van der Waals surface area contributed by atoms with Gasteiger partial charge >= 0.3 is 0 Å². The van der Waals surface area contributed by atoms with Gasteiger partial charge in [-0.3, -0.25) is 19.2 Å². The number of nitrogens with zero attached hydrogens (tertiary/aromatic N) is 2. The van der Waals surface area contributed by atoms with Crippen molar-refractivity contribution >= 4 is 21.5 Å². The first-order chi connectivity index (χ1) is 12.5. The molecule has 1 aromatic carbocycles. The number of piperidine rings is 1. The maximum Gasteiger partial charge on any atom is 0.292 e. The molecule has 2 heterocycles. The summed E-state index contributed by atoms with van der Waals surface area (Å²) in [6.45, 7) is 5.00. The van der Waals surface area contributed by atoms with Crippen molar-refractivity contribution in [2.45, 2.75) is 50.9 Å². The van der Waals surface area contributed by atoms with E-state index >= 15 is 0 Å². The first-order valence-corrected chi connectivity index (χ1v) is 10.7. The van der Waals surface area contributed by atoms with Crippen LogP contribution in [0.2, 0.25) is 0 Å². The minimum Gasteiger partial charge on any atom is -0.485 e. The topological polar surface area (TPSA) is 125 Å². The van der Waals surface area contributed by atoms with E-state index < -0.39 is 32.8 Å². The molecule has 0 unspecified atom stereocenters. The Morgan fingerprint density at radius 3 is 2.48 bits per heavy atom. The largest absolute Gasteiger partial charge is 0.485 e. The number of anilines is 1. The van der Waals surface area contributed by atoms with Gasteiger partial charge in [0.1, 0.15) is 23.1 Å². The average Bonchev–Trinajstić information content (AvgIpc) is 2.54. The van der Waals surface area contributed by atoms with Gasteiger partial charge in [0.05, 0.1) is 17.2 Å². The number of benzene rings is 1. The van der Waals surface area contributed by atoms with Crippen LogP contribution in [0, 0.1) is 10.1 Å². The smallest absolute Gasteiger partial charge is 0.292 e. The Kier molecular flexibility index (Phi) is 5.08. The molecule has 2 atom stereocenters. The molecule has 0 bridgehead atoms. The maximum absolute atomic E-state index is 11.9. The fraction of sp³-hybridized carbons (Fsp3) is 0.647. The van der Waals surface area contributed by atoms with Crippen molar-refractivity contribution in [2.75, 3.05) is 25.1 Å². The summed E-state index contributed by atoms with van der Waals surface area (Å²) in [5, 5.41) is 11.4. The summed E-state index contributed by atoms with van der Waals surface area (Å²) in [6.07, 6.45) is 3.18. The minimum absolute atomic E-state index is 0.00873. The summed E-state index contributed by atoms with van der Waals surface area (Å²) in [5.41, 5.74) is 5.18. The molecule has 3 rings (SSSR count). The maximum atomic E-state index is 11.9. The van der Waals surface area contributed by atoms with Crippen LogP contribution in [0.5, 0.6) is 5.75 Å². The third kappa shape index (κ3) is 4.02. The van der Waals surface area contributed by atoms with E-state index in [1.54, 1.807) is 13.8 Å². The first kappa shape index (κ1) is 19.8. The number of hydrogen-bond donors (Lipinski definition) is 1. The third-order valence-corrected chi connectivity index (χ3v) is 5.64. The monoisotopic (exact) mass is 399 g/mol. The molecular weight excluding hydrogens is 374 g/mol. The van der Waals surface area contributed by atoms with E-state index in [2.05, 4.69) is 4.90 Å². The highest BCUT2D eigenvalue weighted by atomic mass is 32.2. The third-order valence-electron chi connectivity index (χ3n) is 5.08. The van der Waals surface area contributed by atoms with Crippen molar-refractivity contribution in [3.05, 3.63) is 27.8 Å². The van der Waals surface area contributed by atoms with E-state index in [0.717, 1.165) is 38.6 Å². The van der Waals surface area contributed by atoms with Crippen molar-refractivity contribution in [2.24, 2.45) is 0 Å². The molecule has 9 nitrogen and oxygen atoms in total. The lowest BCUT2D eigenvalue weighted by atomic mass is 9.84. The van der Waals surface area contributed by atoms with Gasteiger partial charge < -0.3 is 10.5 Å². The van der Waals surface area contributed by atoms with E-state index in [9.17, 15) is 18.5 Å². The van der Waals surface area contributed by atoms with Crippen LogP contribution >= 0.6 is 0 Å². The lowest BCUT2D eigenvalue weighted by molar-refractivity contribution is -0.384. The molecule has 0 aliphatic carbocycles. The molecule has 1 aromatic rings. The van der Waals surface area contributed by atoms with Crippen molar-refractivity contribution in [3.8, 4) is 5.75 Å². The fourth-order valence-corrected chi connectivity index (χ4v) is 4.62. The first-order valence-electron chi connectivity index (χ1n) is 8.89. The van der Waals surface area contributed by atoms with Crippen LogP contribution in [0.25, 0.3) is 0 Å². The molecule has 1 saturated heterocycles. The van der Waals surface area contributed by atoms with Crippen LogP contribution in [0.15, 0.2) is 12.1 Å². The zero-order chi connectivity index (χ0) is 20.0. The summed E-state index contributed by atoms with van der Waals surface area (Å²) in [6, 6.07) is 2.35. The fourth-order valence-electron chi connectivity index (χ4n) is 3.90. The predicted octanol–water partition coefficient (Wildman–Crippen LogP) is 2.22. The van der Waals surface area contributed by atoms with Crippen molar-refractivity contribution in [1.29, 1.82) is 0 Å². The normalized spacial score (nSPS) is 25.4. The Bertz CT molecular complexity index is 848. The zero-order valence-electron chi connectivity index (χ0n) is 15.7. The van der Waals surface area contributed by atoms with Crippen LogP contribution in [0.3, 0.4) is 0 Å². The summed E-state index contributed by atoms with van der Waals surface area (Å²) < 4.78 is 35.3. The van der Waals surface area contributed by atoms with Crippen molar-refractivity contribution < 1.29 is 22.3 Å². The SMILES string of the molecule is CC1(C)Oc2cc(N)c([N+](=O)[O-])cc2[C@H](N2CCCCC2)[C@H]1OS(C)(=O)=O.